The summed E-state index contributed by atoms with van der Waals surface area (Å²) in [4.78, 5) is 8.62. The second kappa shape index (κ2) is 3.73. The van der Waals surface area contributed by atoms with E-state index in [0.29, 0.717) is 17.7 Å². The summed E-state index contributed by atoms with van der Waals surface area (Å²) in [5.74, 6) is 1.30. The highest BCUT2D eigenvalue weighted by Crippen LogP contribution is 2.19. The van der Waals surface area contributed by atoms with Crippen LogP contribution in [0, 0.1) is 0 Å². The van der Waals surface area contributed by atoms with Crippen molar-refractivity contribution in [1.82, 2.24) is 9.97 Å². The highest BCUT2D eigenvalue weighted by molar-refractivity contribution is 5.37. The number of nitrogens with zero attached hydrogens (tertiary/aromatic N) is 2. The monoisotopic (exact) mass is 179 g/mol. The Morgan fingerprint density at radius 2 is 1.77 bits per heavy atom. The van der Waals surface area contributed by atoms with E-state index in [0.717, 1.165) is 11.4 Å². The Morgan fingerprint density at radius 1 is 1.15 bits per heavy atom. The number of hydrogen-bond acceptors (Lipinski definition) is 3. The Hall–Kier alpha value is -1.12. The summed E-state index contributed by atoms with van der Waals surface area (Å²) in [5, 5.41) is 0. The third-order valence-corrected chi connectivity index (χ3v) is 1.99. The van der Waals surface area contributed by atoms with Gasteiger partial charge in [0.2, 0.25) is 0 Å². The highest BCUT2D eigenvalue weighted by Gasteiger charge is 2.09. The molecule has 0 aliphatic rings. The van der Waals surface area contributed by atoms with Crippen molar-refractivity contribution in [3.8, 4) is 0 Å². The zero-order chi connectivity index (χ0) is 10.0. The molecule has 0 saturated carbocycles. The molecule has 0 radical (unpaired) electrons. The van der Waals surface area contributed by atoms with Gasteiger partial charge in [0, 0.05) is 6.20 Å². The van der Waals surface area contributed by atoms with Crippen LogP contribution < -0.4 is 5.73 Å². The van der Waals surface area contributed by atoms with E-state index in [9.17, 15) is 0 Å². The summed E-state index contributed by atoms with van der Waals surface area (Å²) in [6, 6.07) is 0. The van der Waals surface area contributed by atoms with Gasteiger partial charge in [0.1, 0.15) is 5.82 Å². The van der Waals surface area contributed by atoms with Crippen LogP contribution in [0.5, 0.6) is 0 Å². The Balaban J connectivity index is 3.06. The van der Waals surface area contributed by atoms with Crippen LogP contribution in [0.2, 0.25) is 0 Å². The van der Waals surface area contributed by atoms with Crippen LogP contribution in [0.1, 0.15) is 50.9 Å². The maximum absolute atomic E-state index is 5.79. The quantitative estimate of drug-likeness (QED) is 0.758. The molecular formula is C10H17N3. The topological polar surface area (TPSA) is 51.8 Å². The third kappa shape index (κ3) is 2.17. The van der Waals surface area contributed by atoms with E-state index in [1.54, 1.807) is 0 Å². The smallest absolute Gasteiger partial charge is 0.145 e. The molecule has 0 aromatic carbocycles. The lowest BCUT2D eigenvalue weighted by Crippen LogP contribution is -2.06. The fourth-order valence-corrected chi connectivity index (χ4v) is 1.15. The van der Waals surface area contributed by atoms with Gasteiger partial charge in [-0.25, -0.2) is 4.98 Å². The van der Waals surface area contributed by atoms with Gasteiger partial charge in [-0.15, -0.1) is 0 Å². The molecule has 0 aliphatic heterocycles. The lowest BCUT2D eigenvalue weighted by Gasteiger charge is -2.10. The molecule has 0 saturated heterocycles. The van der Waals surface area contributed by atoms with Gasteiger partial charge in [-0.2, -0.15) is 0 Å². The summed E-state index contributed by atoms with van der Waals surface area (Å²) in [5.41, 5.74) is 7.64. The molecule has 1 heterocycles. The molecule has 0 amide bonds. The fourth-order valence-electron chi connectivity index (χ4n) is 1.15. The second-order valence-corrected chi connectivity index (χ2v) is 3.87. The Bertz CT molecular complexity index is 292. The number of rotatable bonds is 2. The van der Waals surface area contributed by atoms with Crippen LogP contribution in [0.4, 0.5) is 5.82 Å². The van der Waals surface area contributed by atoms with Crippen molar-refractivity contribution in [2.24, 2.45) is 0 Å². The summed E-state index contributed by atoms with van der Waals surface area (Å²) >= 11 is 0. The first-order chi connectivity index (χ1) is 6.02. The van der Waals surface area contributed by atoms with Crippen molar-refractivity contribution in [3.63, 3.8) is 0 Å². The van der Waals surface area contributed by atoms with Crippen molar-refractivity contribution >= 4 is 5.82 Å². The average Bonchev–Trinajstić information content (AvgIpc) is 2.03. The fraction of sp³-hybridized carbons (Fsp3) is 0.600. The molecule has 0 fully saturated rings. The zero-order valence-electron chi connectivity index (χ0n) is 8.70. The van der Waals surface area contributed by atoms with E-state index in [2.05, 4.69) is 37.7 Å². The number of nitrogen functional groups attached to an aromatic ring is 1. The summed E-state index contributed by atoms with van der Waals surface area (Å²) in [7, 11) is 0. The largest absolute Gasteiger partial charge is 0.382 e. The molecule has 2 N–H and O–H groups in total. The van der Waals surface area contributed by atoms with Gasteiger partial charge in [0.05, 0.1) is 11.4 Å². The number of anilines is 1. The predicted octanol–water partition coefficient (Wildman–Crippen LogP) is 2.31. The van der Waals surface area contributed by atoms with E-state index in [-0.39, 0.29) is 0 Å². The van der Waals surface area contributed by atoms with Crippen LogP contribution in [-0.4, -0.2) is 9.97 Å². The van der Waals surface area contributed by atoms with Crippen LogP contribution >= 0.6 is 0 Å². The SMILES string of the molecule is CC(C)c1cnc(C(C)C)c(N)n1. The zero-order valence-corrected chi connectivity index (χ0v) is 8.70. The third-order valence-electron chi connectivity index (χ3n) is 1.99. The molecule has 3 heteroatoms. The molecule has 72 valence electrons. The maximum atomic E-state index is 5.79. The van der Waals surface area contributed by atoms with Crippen LogP contribution in [-0.2, 0) is 0 Å². The van der Waals surface area contributed by atoms with Gasteiger partial charge in [-0.05, 0) is 11.8 Å². The second-order valence-electron chi connectivity index (χ2n) is 3.87. The van der Waals surface area contributed by atoms with Gasteiger partial charge < -0.3 is 5.73 Å². The minimum Gasteiger partial charge on any atom is -0.382 e. The summed E-state index contributed by atoms with van der Waals surface area (Å²) in [6.07, 6.45) is 1.82. The van der Waals surface area contributed by atoms with Crippen molar-refractivity contribution in [2.45, 2.75) is 39.5 Å². The van der Waals surface area contributed by atoms with Crippen molar-refractivity contribution in [3.05, 3.63) is 17.6 Å². The number of hydrogen-bond donors (Lipinski definition) is 1. The standard InChI is InChI=1S/C10H17N3/c1-6(2)8-5-12-9(7(3)4)10(11)13-8/h5-7H,1-4H3,(H2,11,13). The first-order valence-corrected chi connectivity index (χ1v) is 4.64. The molecule has 0 atom stereocenters. The number of nitrogens with two attached hydrogens (primary N) is 1. The molecular weight excluding hydrogens is 162 g/mol. The van der Waals surface area contributed by atoms with Crippen LogP contribution in [0.15, 0.2) is 6.20 Å². The molecule has 3 nitrogen and oxygen atoms in total. The summed E-state index contributed by atoms with van der Waals surface area (Å²) < 4.78 is 0. The van der Waals surface area contributed by atoms with Gasteiger partial charge in [-0.3, -0.25) is 4.98 Å². The molecule has 0 aliphatic carbocycles. The van der Waals surface area contributed by atoms with Gasteiger partial charge in [-0.1, -0.05) is 27.7 Å². The van der Waals surface area contributed by atoms with E-state index in [1.165, 1.54) is 0 Å². The first kappa shape index (κ1) is 9.96. The molecule has 13 heavy (non-hydrogen) atoms. The van der Waals surface area contributed by atoms with E-state index < -0.39 is 0 Å². The predicted molar refractivity (Wildman–Crippen MR) is 54.6 cm³/mol. The minimum absolute atomic E-state index is 0.341. The van der Waals surface area contributed by atoms with Crippen LogP contribution in [0.3, 0.4) is 0 Å². The Labute approximate surface area is 79.4 Å². The average molecular weight is 179 g/mol. The minimum atomic E-state index is 0.341. The summed E-state index contributed by atoms with van der Waals surface area (Å²) in [6.45, 7) is 8.29. The van der Waals surface area contributed by atoms with E-state index >= 15 is 0 Å². The van der Waals surface area contributed by atoms with Crippen molar-refractivity contribution in [1.29, 1.82) is 0 Å². The van der Waals surface area contributed by atoms with Crippen LogP contribution in [0.25, 0.3) is 0 Å². The van der Waals surface area contributed by atoms with Crippen molar-refractivity contribution < 1.29 is 0 Å². The normalized spacial score (nSPS) is 11.2. The molecule has 0 unspecified atom stereocenters. The molecule has 1 aromatic rings. The van der Waals surface area contributed by atoms with Gasteiger partial charge >= 0.3 is 0 Å². The molecule has 0 bridgehead atoms. The van der Waals surface area contributed by atoms with E-state index in [1.807, 2.05) is 6.20 Å². The lowest BCUT2D eigenvalue weighted by molar-refractivity contribution is 0.773. The Morgan fingerprint density at radius 3 is 2.15 bits per heavy atom. The highest BCUT2D eigenvalue weighted by atomic mass is 14.9. The van der Waals surface area contributed by atoms with Gasteiger partial charge in [0.25, 0.3) is 0 Å². The van der Waals surface area contributed by atoms with Crippen molar-refractivity contribution in [2.75, 3.05) is 5.73 Å². The number of aromatic nitrogens is 2. The molecule has 0 spiro atoms. The molecule has 1 rings (SSSR count). The molecule has 1 aromatic heterocycles. The lowest BCUT2D eigenvalue weighted by atomic mass is 10.1. The Kier molecular flexibility index (Phi) is 2.86. The first-order valence-electron chi connectivity index (χ1n) is 4.64. The maximum Gasteiger partial charge on any atom is 0.145 e. The van der Waals surface area contributed by atoms with E-state index in [4.69, 9.17) is 5.73 Å². The van der Waals surface area contributed by atoms with Gasteiger partial charge in [0.15, 0.2) is 0 Å².